The summed E-state index contributed by atoms with van der Waals surface area (Å²) in [4.78, 5) is 8.22. The largest absolute Gasteiger partial charge is 0.412 e. The average molecular weight is 338 g/mol. The van der Waals surface area contributed by atoms with Crippen molar-refractivity contribution in [2.24, 2.45) is 5.92 Å². The number of ether oxygens (including phenoxy) is 2. The fraction of sp³-hybridized carbons (Fsp3) is 0.250. The molecule has 2 aromatic carbocycles. The molecule has 1 aliphatic heterocycles. The minimum Gasteiger partial charge on any atom is -0.412 e. The van der Waals surface area contributed by atoms with Crippen LogP contribution in [-0.2, 0) is 9.47 Å². The Labute approximate surface area is 147 Å². The molecule has 0 atom stereocenters. The number of aromatic nitrogens is 2. The highest BCUT2D eigenvalue weighted by atomic mass is 16.7. The molecule has 5 heteroatoms. The maximum Gasteiger partial charge on any atom is 0.217 e. The predicted molar refractivity (Wildman–Crippen MR) is 96.9 cm³/mol. The van der Waals surface area contributed by atoms with Crippen LogP contribution in [0.1, 0.15) is 19.0 Å². The summed E-state index contributed by atoms with van der Waals surface area (Å²) in [7, 11) is 0. The molecule has 4 rings (SSSR count). The number of H-pyrrole nitrogens is 1. The van der Waals surface area contributed by atoms with Gasteiger partial charge in [-0.25, -0.2) is 4.98 Å². The van der Waals surface area contributed by atoms with Gasteiger partial charge in [-0.05, 0) is 0 Å². The lowest BCUT2D eigenvalue weighted by Crippen LogP contribution is -2.25. The number of aromatic amines is 1. The van der Waals surface area contributed by atoms with E-state index in [1.807, 2.05) is 36.4 Å². The van der Waals surface area contributed by atoms with E-state index in [-0.39, 0.29) is 5.48 Å². The van der Waals surface area contributed by atoms with Gasteiger partial charge in [0.15, 0.2) is 5.82 Å². The SMILES string of the molecule is CC1COC(c2nc(-c3ccccc3)c(-c3ccccc3)[nH]2)OC1.O. The first-order valence-corrected chi connectivity index (χ1v) is 8.25. The number of rotatable bonds is 3. The van der Waals surface area contributed by atoms with Gasteiger partial charge in [0.1, 0.15) is 0 Å². The summed E-state index contributed by atoms with van der Waals surface area (Å²) in [5, 5.41) is 0. The van der Waals surface area contributed by atoms with Crippen molar-refractivity contribution in [3.8, 4) is 22.5 Å². The van der Waals surface area contributed by atoms with Crippen LogP contribution in [0.3, 0.4) is 0 Å². The van der Waals surface area contributed by atoms with E-state index >= 15 is 0 Å². The molecule has 130 valence electrons. The monoisotopic (exact) mass is 338 g/mol. The molecule has 0 amide bonds. The number of benzene rings is 2. The fourth-order valence-electron chi connectivity index (χ4n) is 2.88. The molecule has 25 heavy (non-hydrogen) atoms. The molecule has 0 radical (unpaired) electrons. The highest BCUT2D eigenvalue weighted by Gasteiger charge is 2.25. The molecule has 0 saturated carbocycles. The van der Waals surface area contributed by atoms with Crippen molar-refractivity contribution in [3.63, 3.8) is 0 Å². The van der Waals surface area contributed by atoms with Gasteiger partial charge in [-0.15, -0.1) is 0 Å². The first-order valence-electron chi connectivity index (χ1n) is 8.25. The van der Waals surface area contributed by atoms with E-state index in [4.69, 9.17) is 14.5 Å². The van der Waals surface area contributed by atoms with Crippen LogP contribution >= 0.6 is 0 Å². The Hall–Kier alpha value is -2.47. The van der Waals surface area contributed by atoms with Crippen molar-refractivity contribution >= 4 is 0 Å². The van der Waals surface area contributed by atoms with Crippen molar-refractivity contribution < 1.29 is 14.9 Å². The Balaban J connectivity index is 0.00000182. The summed E-state index contributed by atoms with van der Waals surface area (Å²) in [5.74, 6) is 1.14. The molecule has 3 aromatic rings. The Bertz CT molecular complexity index is 737. The van der Waals surface area contributed by atoms with Gasteiger partial charge in [-0.2, -0.15) is 0 Å². The van der Waals surface area contributed by atoms with Crippen molar-refractivity contribution in [3.05, 3.63) is 66.5 Å². The number of nitrogens with one attached hydrogen (secondary N) is 1. The van der Waals surface area contributed by atoms with Crippen molar-refractivity contribution in [2.45, 2.75) is 13.2 Å². The van der Waals surface area contributed by atoms with E-state index in [0.29, 0.717) is 19.1 Å². The lowest BCUT2D eigenvalue weighted by Gasteiger charge is -2.25. The fourth-order valence-corrected chi connectivity index (χ4v) is 2.88. The summed E-state index contributed by atoms with van der Waals surface area (Å²) >= 11 is 0. The molecule has 0 unspecified atom stereocenters. The molecule has 0 bridgehead atoms. The molecular formula is C20H22N2O3. The second-order valence-electron chi connectivity index (χ2n) is 6.18. The van der Waals surface area contributed by atoms with E-state index in [0.717, 1.165) is 28.3 Å². The van der Waals surface area contributed by atoms with Crippen LogP contribution in [0.15, 0.2) is 60.7 Å². The molecule has 3 N–H and O–H groups in total. The van der Waals surface area contributed by atoms with Crippen molar-refractivity contribution in [1.29, 1.82) is 0 Å². The number of hydrogen-bond acceptors (Lipinski definition) is 3. The molecule has 1 aromatic heterocycles. The topological polar surface area (TPSA) is 78.6 Å². The van der Waals surface area contributed by atoms with Gasteiger partial charge in [0.05, 0.1) is 24.6 Å². The Morgan fingerprint density at radius 3 is 2.04 bits per heavy atom. The highest BCUT2D eigenvalue weighted by Crippen LogP contribution is 2.33. The van der Waals surface area contributed by atoms with Crippen LogP contribution in [-0.4, -0.2) is 28.7 Å². The number of hydrogen-bond donors (Lipinski definition) is 1. The average Bonchev–Trinajstić information content (AvgIpc) is 3.09. The van der Waals surface area contributed by atoms with Crippen molar-refractivity contribution in [1.82, 2.24) is 9.97 Å². The standard InChI is InChI=1S/C20H20N2O2.H2O/c1-14-12-23-20(24-13-14)19-21-17(15-8-4-2-5-9-15)18(22-19)16-10-6-3-7-11-16;/h2-11,14,20H,12-13H2,1H3,(H,21,22);1H2. The summed E-state index contributed by atoms with van der Waals surface area (Å²) in [5.41, 5.74) is 4.08. The van der Waals surface area contributed by atoms with Crippen LogP contribution in [0.25, 0.3) is 22.5 Å². The third-order valence-electron chi connectivity index (χ3n) is 4.12. The molecule has 1 fully saturated rings. The zero-order valence-corrected chi connectivity index (χ0v) is 14.1. The molecule has 0 aliphatic carbocycles. The van der Waals surface area contributed by atoms with Gasteiger partial charge in [0.25, 0.3) is 0 Å². The minimum absolute atomic E-state index is 0. The highest BCUT2D eigenvalue weighted by molar-refractivity contribution is 5.78. The zero-order chi connectivity index (χ0) is 16.4. The lowest BCUT2D eigenvalue weighted by molar-refractivity contribution is -0.205. The van der Waals surface area contributed by atoms with Gasteiger partial charge in [0.2, 0.25) is 6.29 Å². The molecule has 2 heterocycles. The molecular weight excluding hydrogens is 316 g/mol. The van der Waals surface area contributed by atoms with Crippen molar-refractivity contribution in [2.75, 3.05) is 13.2 Å². The summed E-state index contributed by atoms with van der Waals surface area (Å²) < 4.78 is 11.6. The maximum atomic E-state index is 5.80. The van der Waals surface area contributed by atoms with E-state index in [1.54, 1.807) is 0 Å². The number of imidazole rings is 1. The van der Waals surface area contributed by atoms with Crippen LogP contribution in [0, 0.1) is 5.92 Å². The van der Waals surface area contributed by atoms with Gasteiger partial charge in [-0.3, -0.25) is 0 Å². The normalized spacial score (nSPS) is 20.0. The Morgan fingerprint density at radius 1 is 0.880 bits per heavy atom. The third-order valence-corrected chi connectivity index (χ3v) is 4.12. The first-order chi connectivity index (χ1) is 11.8. The summed E-state index contributed by atoms with van der Waals surface area (Å²) in [6, 6.07) is 20.4. The second-order valence-corrected chi connectivity index (χ2v) is 6.18. The van der Waals surface area contributed by atoms with Crippen LogP contribution in [0.4, 0.5) is 0 Å². The Kier molecular flexibility index (Phi) is 5.28. The van der Waals surface area contributed by atoms with Gasteiger partial charge >= 0.3 is 0 Å². The summed E-state index contributed by atoms with van der Waals surface area (Å²) in [6.07, 6.45) is -0.430. The second kappa shape index (κ2) is 7.61. The van der Waals surface area contributed by atoms with Gasteiger partial charge in [-0.1, -0.05) is 67.6 Å². The van der Waals surface area contributed by atoms with Gasteiger partial charge in [0, 0.05) is 17.0 Å². The molecule has 1 aliphatic rings. The van der Waals surface area contributed by atoms with E-state index < -0.39 is 6.29 Å². The van der Waals surface area contributed by atoms with Crippen LogP contribution in [0.5, 0.6) is 0 Å². The van der Waals surface area contributed by atoms with E-state index in [9.17, 15) is 0 Å². The minimum atomic E-state index is -0.430. The molecule has 1 saturated heterocycles. The molecule has 5 nitrogen and oxygen atoms in total. The smallest absolute Gasteiger partial charge is 0.217 e. The van der Waals surface area contributed by atoms with Crippen LogP contribution < -0.4 is 0 Å². The Morgan fingerprint density at radius 2 is 1.44 bits per heavy atom. The predicted octanol–water partition coefficient (Wildman–Crippen LogP) is 3.60. The quantitative estimate of drug-likeness (QED) is 0.792. The summed E-state index contributed by atoms with van der Waals surface area (Å²) in [6.45, 7) is 3.49. The van der Waals surface area contributed by atoms with Crippen LogP contribution in [0.2, 0.25) is 0 Å². The first kappa shape index (κ1) is 17.4. The molecule has 0 spiro atoms. The number of nitrogens with zero attached hydrogens (tertiary/aromatic N) is 1. The maximum absolute atomic E-state index is 5.80. The third kappa shape index (κ3) is 3.64. The van der Waals surface area contributed by atoms with E-state index in [1.165, 1.54) is 0 Å². The van der Waals surface area contributed by atoms with E-state index in [2.05, 4.69) is 36.2 Å². The lowest BCUT2D eigenvalue weighted by atomic mass is 10.1. The zero-order valence-electron chi connectivity index (χ0n) is 14.1. The van der Waals surface area contributed by atoms with Gasteiger partial charge < -0.3 is 19.9 Å².